The Hall–Kier alpha value is -0.120. The molecule has 0 bridgehead atoms. The highest BCUT2D eigenvalue weighted by Crippen LogP contribution is 2.18. The Morgan fingerprint density at radius 3 is 2.73 bits per heavy atom. The molecule has 0 spiro atoms. The zero-order chi connectivity index (χ0) is 8.27. The van der Waals surface area contributed by atoms with Crippen molar-refractivity contribution in [3.63, 3.8) is 0 Å². The SMILES string of the molecule is CCCCC(N)NC1OC1C. The molecule has 0 amide bonds. The van der Waals surface area contributed by atoms with Crippen molar-refractivity contribution in [3.8, 4) is 0 Å². The third kappa shape index (κ3) is 3.18. The van der Waals surface area contributed by atoms with E-state index in [1.54, 1.807) is 0 Å². The van der Waals surface area contributed by atoms with Crippen LogP contribution in [0.3, 0.4) is 0 Å². The van der Waals surface area contributed by atoms with Gasteiger partial charge in [-0.05, 0) is 13.3 Å². The Bertz CT molecular complexity index is 119. The van der Waals surface area contributed by atoms with Crippen molar-refractivity contribution in [2.24, 2.45) is 5.73 Å². The summed E-state index contributed by atoms with van der Waals surface area (Å²) < 4.78 is 5.18. The highest BCUT2D eigenvalue weighted by molar-refractivity contribution is 4.79. The standard InChI is InChI=1S/C8H18N2O/c1-3-4-5-7(9)10-8-6(2)11-8/h6-8,10H,3-5,9H2,1-2H3. The first-order valence-corrected chi connectivity index (χ1v) is 4.41. The smallest absolute Gasteiger partial charge is 0.136 e. The van der Waals surface area contributed by atoms with Crippen LogP contribution in [0.1, 0.15) is 33.1 Å². The highest BCUT2D eigenvalue weighted by atomic mass is 16.6. The lowest BCUT2D eigenvalue weighted by Crippen LogP contribution is -2.39. The lowest BCUT2D eigenvalue weighted by Gasteiger charge is -2.10. The molecule has 11 heavy (non-hydrogen) atoms. The molecule has 0 aromatic rings. The summed E-state index contributed by atoms with van der Waals surface area (Å²) in [5.74, 6) is 0. The summed E-state index contributed by atoms with van der Waals surface area (Å²) in [6.07, 6.45) is 4.14. The van der Waals surface area contributed by atoms with Gasteiger partial charge in [0.25, 0.3) is 0 Å². The average Bonchev–Trinajstić information content (AvgIpc) is 2.62. The summed E-state index contributed by atoms with van der Waals surface area (Å²) in [6, 6.07) is 0. The fraction of sp³-hybridized carbons (Fsp3) is 1.00. The van der Waals surface area contributed by atoms with Crippen LogP contribution >= 0.6 is 0 Å². The number of hydrogen-bond donors (Lipinski definition) is 2. The molecule has 0 aromatic carbocycles. The Labute approximate surface area is 68.3 Å². The molecule has 3 atom stereocenters. The first-order valence-electron chi connectivity index (χ1n) is 4.41. The van der Waals surface area contributed by atoms with E-state index in [-0.39, 0.29) is 12.4 Å². The first-order chi connectivity index (χ1) is 5.24. The van der Waals surface area contributed by atoms with E-state index in [0.717, 1.165) is 6.42 Å². The molecule has 1 heterocycles. The summed E-state index contributed by atoms with van der Waals surface area (Å²) in [4.78, 5) is 0. The van der Waals surface area contributed by atoms with Crippen molar-refractivity contribution < 1.29 is 4.74 Å². The number of nitrogens with one attached hydrogen (secondary N) is 1. The van der Waals surface area contributed by atoms with Crippen LogP contribution in [-0.4, -0.2) is 18.5 Å². The van der Waals surface area contributed by atoms with Crippen molar-refractivity contribution in [1.29, 1.82) is 0 Å². The van der Waals surface area contributed by atoms with E-state index >= 15 is 0 Å². The Balaban J connectivity index is 1.97. The predicted molar refractivity (Wildman–Crippen MR) is 45.0 cm³/mol. The molecule has 3 unspecified atom stereocenters. The number of nitrogens with two attached hydrogens (primary N) is 1. The van der Waals surface area contributed by atoms with Crippen LogP contribution in [0.15, 0.2) is 0 Å². The Morgan fingerprint density at radius 1 is 1.64 bits per heavy atom. The van der Waals surface area contributed by atoms with Crippen molar-refractivity contribution >= 4 is 0 Å². The largest absolute Gasteiger partial charge is 0.353 e. The molecular weight excluding hydrogens is 140 g/mol. The maximum Gasteiger partial charge on any atom is 0.136 e. The van der Waals surface area contributed by atoms with E-state index in [4.69, 9.17) is 10.5 Å². The monoisotopic (exact) mass is 158 g/mol. The van der Waals surface area contributed by atoms with Crippen LogP contribution in [0.5, 0.6) is 0 Å². The molecular formula is C8H18N2O. The van der Waals surface area contributed by atoms with Crippen LogP contribution < -0.4 is 11.1 Å². The molecule has 0 radical (unpaired) electrons. The minimum Gasteiger partial charge on any atom is -0.353 e. The van der Waals surface area contributed by atoms with Gasteiger partial charge >= 0.3 is 0 Å². The number of rotatable bonds is 5. The van der Waals surface area contributed by atoms with E-state index in [9.17, 15) is 0 Å². The molecule has 66 valence electrons. The predicted octanol–water partition coefficient (Wildman–Crippen LogP) is 0.796. The van der Waals surface area contributed by atoms with E-state index in [1.165, 1.54) is 12.8 Å². The summed E-state index contributed by atoms with van der Waals surface area (Å²) in [5.41, 5.74) is 5.77. The van der Waals surface area contributed by atoms with Gasteiger partial charge in [-0.25, -0.2) is 0 Å². The lowest BCUT2D eigenvalue weighted by atomic mass is 10.2. The fourth-order valence-corrected chi connectivity index (χ4v) is 1.08. The molecule has 0 aliphatic carbocycles. The van der Waals surface area contributed by atoms with Gasteiger partial charge in [0, 0.05) is 0 Å². The van der Waals surface area contributed by atoms with Crippen LogP contribution in [0.2, 0.25) is 0 Å². The molecule has 3 heteroatoms. The quantitative estimate of drug-likeness (QED) is 0.459. The molecule has 1 fully saturated rings. The van der Waals surface area contributed by atoms with Gasteiger partial charge in [0.15, 0.2) is 0 Å². The van der Waals surface area contributed by atoms with Crippen LogP contribution in [0.25, 0.3) is 0 Å². The normalized spacial score (nSPS) is 31.9. The van der Waals surface area contributed by atoms with Gasteiger partial charge in [0.2, 0.25) is 0 Å². The third-order valence-electron chi connectivity index (χ3n) is 1.96. The Morgan fingerprint density at radius 2 is 2.27 bits per heavy atom. The molecule has 3 N–H and O–H groups in total. The summed E-state index contributed by atoms with van der Waals surface area (Å²) >= 11 is 0. The lowest BCUT2D eigenvalue weighted by molar-refractivity contribution is 0.322. The molecule has 0 saturated carbocycles. The van der Waals surface area contributed by atoms with E-state index < -0.39 is 0 Å². The van der Waals surface area contributed by atoms with Crippen molar-refractivity contribution in [3.05, 3.63) is 0 Å². The maximum atomic E-state index is 5.77. The molecule has 1 aliphatic rings. The van der Waals surface area contributed by atoms with Crippen LogP contribution in [0.4, 0.5) is 0 Å². The van der Waals surface area contributed by atoms with Crippen LogP contribution in [0, 0.1) is 0 Å². The number of ether oxygens (including phenoxy) is 1. The van der Waals surface area contributed by atoms with Gasteiger partial charge < -0.3 is 10.5 Å². The zero-order valence-corrected chi connectivity index (χ0v) is 7.34. The van der Waals surface area contributed by atoms with Gasteiger partial charge in [0.1, 0.15) is 6.23 Å². The average molecular weight is 158 g/mol. The molecule has 1 saturated heterocycles. The zero-order valence-electron chi connectivity index (χ0n) is 7.34. The van der Waals surface area contributed by atoms with Crippen molar-refractivity contribution in [2.75, 3.05) is 0 Å². The van der Waals surface area contributed by atoms with E-state index in [1.807, 2.05) is 6.92 Å². The van der Waals surface area contributed by atoms with Gasteiger partial charge in [-0.2, -0.15) is 0 Å². The Kier molecular flexibility index (Phi) is 3.30. The molecule has 1 rings (SSSR count). The summed E-state index contributed by atoms with van der Waals surface area (Å²) in [6.45, 7) is 4.22. The van der Waals surface area contributed by atoms with Gasteiger partial charge in [-0.15, -0.1) is 0 Å². The number of hydrogen-bond acceptors (Lipinski definition) is 3. The molecule has 1 aliphatic heterocycles. The minimum atomic E-state index is 0.116. The van der Waals surface area contributed by atoms with Gasteiger partial charge in [-0.3, -0.25) is 5.32 Å². The number of epoxide rings is 1. The first kappa shape index (κ1) is 8.97. The second-order valence-corrected chi connectivity index (χ2v) is 3.18. The highest BCUT2D eigenvalue weighted by Gasteiger charge is 2.34. The van der Waals surface area contributed by atoms with Gasteiger partial charge in [-0.1, -0.05) is 19.8 Å². The fourth-order valence-electron chi connectivity index (χ4n) is 1.08. The third-order valence-corrected chi connectivity index (χ3v) is 1.96. The number of unbranched alkanes of at least 4 members (excludes halogenated alkanes) is 1. The van der Waals surface area contributed by atoms with E-state index in [0.29, 0.717) is 6.10 Å². The van der Waals surface area contributed by atoms with Crippen molar-refractivity contribution in [2.45, 2.75) is 51.6 Å². The van der Waals surface area contributed by atoms with Crippen molar-refractivity contribution in [1.82, 2.24) is 5.32 Å². The van der Waals surface area contributed by atoms with Gasteiger partial charge in [0.05, 0.1) is 12.3 Å². The maximum absolute atomic E-state index is 5.77. The second kappa shape index (κ2) is 4.04. The van der Waals surface area contributed by atoms with Crippen LogP contribution in [-0.2, 0) is 4.74 Å². The van der Waals surface area contributed by atoms with E-state index in [2.05, 4.69) is 12.2 Å². The summed E-state index contributed by atoms with van der Waals surface area (Å²) in [5, 5.41) is 3.19. The molecule has 3 nitrogen and oxygen atoms in total. The minimum absolute atomic E-state index is 0.116. The topological polar surface area (TPSA) is 50.6 Å². The summed E-state index contributed by atoms with van der Waals surface area (Å²) in [7, 11) is 0. The second-order valence-electron chi connectivity index (χ2n) is 3.18. The molecule has 0 aromatic heterocycles.